The summed E-state index contributed by atoms with van der Waals surface area (Å²) in [5, 5.41) is 5.88. The Morgan fingerprint density at radius 2 is 2.06 bits per heavy atom. The molecule has 0 spiro atoms. The molecule has 1 aliphatic rings. The van der Waals surface area contributed by atoms with Crippen LogP contribution in [0.2, 0.25) is 5.02 Å². The molecule has 0 unspecified atom stereocenters. The van der Waals surface area contributed by atoms with E-state index in [9.17, 15) is 9.59 Å². The van der Waals surface area contributed by atoms with Crippen molar-refractivity contribution in [3.63, 3.8) is 0 Å². The molecule has 5 nitrogen and oxygen atoms in total. The summed E-state index contributed by atoms with van der Waals surface area (Å²) in [7, 11) is 0. The molecule has 1 aliphatic heterocycles. The summed E-state index contributed by atoms with van der Waals surface area (Å²) in [6.45, 7) is 0.663. The summed E-state index contributed by atoms with van der Waals surface area (Å²) in [6, 6.07) is 6.58. The molecule has 18 heavy (non-hydrogen) atoms. The molecule has 2 amide bonds. The molecule has 0 radical (unpaired) electrons. The zero-order valence-electron chi connectivity index (χ0n) is 9.27. The number of halogens is 1. The van der Waals surface area contributed by atoms with Gasteiger partial charge in [0, 0.05) is 16.5 Å². The summed E-state index contributed by atoms with van der Waals surface area (Å²) < 4.78 is 0. The van der Waals surface area contributed by atoms with Crippen LogP contribution in [0.1, 0.15) is 0 Å². The standard InChI is InChI=1S/C11H10ClN3O2S/c12-7-2-1-3-8(6-7)14-9(16)10(17)15-11-13-4-5-18-11/h1-3,6H,4-5H2,(H,14,16)(H,13,15,17). The van der Waals surface area contributed by atoms with Crippen LogP contribution in [0, 0.1) is 0 Å². The second-order valence-electron chi connectivity index (χ2n) is 3.45. The molecule has 94 valence electrons. The lowest BCUT2D eigenvalue weighted by Gasteiger charge is -2.05. The Labute approximate surface area is 113 Å². The fraction of sp³-hybridized carbons (Fsp3) is 0.182. The van der Waals surface area contributed by atoms with Gasteiger partial charge in [-0.3, -0.25) is 19.9 Å². The molecule has 1 aromatic rings. The van der Waals surface area contributed by atoms with Crippen molar-refractivity contribution >= 4 is 46.0 Å². The highest BCUT2D eigenvalue weighted by Gasteiger charge is 2.17. The molecule has 2 N–H and O–H groups in total. The number of amidine groups is 1. The maximum Gasteiger partial charge on any atom is 0.315 e. The van der Waals surface area contributed by atoms with E-state index in [1.165, 1.54) is 11.8 Å². The van der Waals surface area contributed by atoms with E-state index in [0.717, 1.165) is 5.75 Å². The van der Waals surface area contributed by atoms with Crippen molar-refractivity contribution in [3.05, 3.63) is 29.3 Å². The van der Waals surface area contributed by atoms with Crippen molar-refractivity contribution in [3.8, 4) is 0 Å². The average Bonchev–Trinajstić information content (AvgIpc) is 2.81. The first kappa shape index (κ1) is 12.9. The molecular weight excluding hydrogens is 274 g/mol. The number of nitrogens with one attached hydrogen (secondary N) is 2. The van der Waals surface area contributed by atoms with Gasteiger partial charge < -0.3 is 5.32 Å². The van der Waals surface area contributed by atoms with Crippen LogP contribution in [0.3, 0.4) is 0 Å². The van der Waals surface area contributed by atoms with Crippen LogP contribution in [0.4, 0.5) is 5.69 Å². The molecule has 1 heterocycles. The van der Waals surface area contributed by atoms with E-state index in [2.05, 4.69) is 15.6 Å². The SMILES string of the molecule is O=C(NC1=NCCS1)C(=O)Nc1cccc(Cl)c1. The molecule has 0 atom stereocenters. The van der Waals surface area contributed by atoms with Gasteiger partial charge in [-0.1, -0.05) is 29.4 Å². The molecule has 0 aromatic heterocycles. The maximum atomic E-state index is 11.6. The summed E-state index contributed by atoms with van der Waals surface area (Å²) in [4.78, 5) is 27.1. The highest BCUT2D eigenvalue weighted by Crippen LogP contribution is 2.14. The van der Waals surface area contributed by atoms with Crippen LogP contribution < -0.4 is 10.6 Å². The Morgan fingerprint density at radius 3 is 2.72 bits per heavy atom. The van der Waals surface area contributed by atoms with E-state index in [-0.39, 0.29) is 0 Å². The van der Waals surface area contributed by atoms with Gasteiger partial charge in [0.25, 0.3) is 0 Å². The Morgan fingerprint density at radius 1 is 1.28 bits per heavy atom. The molecular formula is C11H10ClN3O2S. The van der Waals surface area contributed by atoms with E-state index in [0.29, 0.717) is 22.4 Å². The van der Waals surface area contributed by atoms with Crippen molar-refractivity contribution in [2.24, 2.45) is 4.99 Å². The first-order chi connectivity index (χ1) is 8.65. The number of benzene rings is 1. The topological polar surface area (TPSA) is 70.6 Å². The second kappa shape index (κ2) is 5.88. The molecule has 0 saturated carbocycles. The number of rotatable bonds is 1. The third kappa shape index (κ3) is 3.48. The summed E-state index contributed by atoms with van der Waals surface area (Å²) in [5.74, 6) is -0.651. The first-order valence-corrected chi connectivity index (χ1v) is 6.56. The van der Waals surface area contributed by atoms with Gasteiger partial charge in [0.15, 0.2) is 5.17 Å². The number of amides is 2. The van der Waals surface area contributed by atoms with Gasteiger partial charge >= 0.3 is 11.8 Å². The van der Waals surface area contributed by atoms with Crippen LogP contribution >= 0.6 is 23.4 Å². The Bertz CT molecular complexity index is 519. The van der Waals surface area contributed by atoms with Gasteiger partial charge in [-0.25, -0.2) is 0 Å². The van der Waals surface area contributed by atoms with Crippen LogP contribution in [0.15, 0.2) is 29.3 Å². The highest BCUT2D eigenvalue weighted by molar-refractivity contribution is 8.14. The monoisotopic (exact) mass is 283 g/mol. The third-order valence-corrected chi connectivity index (χ3v) is 3.22. The molecule has 7 heteroatoms. The van der Waals surface area contributed by atoms with Crippen molar-refractivity contribution in [2.75, 3.05) is 17.6 Å². The quantitative estimate of drug-likeness (QED) is 0.767. The summed E-state index contributed by atoms with van der Waals surface area (Å²) in [5.41, 5.74) is 0.476. The van der Waals surface area contributed by atoms with Gasteiger partial charge in [0.2, 0.25) is 0 Å². The highest BCUT2D eigenvalue weighted by atomic mass is 35.5. The average molecular weight is 284 g/mol. The zero-order valence-corrected chi connectivity index (χ0v) is 10.8. The van der Waals surface area contributed by atoms with Crippen LogP contribution in [0.5, 0.6) is 0 Å². The second-order valence-corrected chi connectivity index (χ2v) is 4.97. The lowest BCUT2D eigenvalue weighted by Crippen LogP contribution is -2.37. The van der Waals surface area contributed by atoms with Gasteiger partial charge in [-0.2, -0.15) is 0 Å². The van der Waals surface area contributed by atoms with E-state index >= 15 is 0 Å². The molecule has 0 saturated heterocycles. The minimum absolute atomic E-state index is 0.476. The number of aliphatic imine (C=N–C) groups is 1. The number of hydrogen-bond donors (Lipinski definition) is 2. The van der Waals surface area contributed by atoms with Crippen molar-refractivity contribution in [2.45, 2.75) is 0 Å². The number of hydrogen-bond acceptors (Lipinski definition) is 4. The number of carbonyl (C=O) groups is 2. The lowest BCUT2D eigenvalue weighted by atomic mass is 10.3. The third-order valence-electron chi connectivity index (χ3n) is 2.09. The zero-order chi connectivity index (χ0) is 13.0. The van der Waals surface area contributed by atoms with Gasteiger partial charge in [-0.05, 0) is 18.2 Å². The molecule has 2 rings (SSSR count). The van der Waals surface area contributed by atoms with Gasteiger partial charge in [-0.15, -0.1) is 0 Å². The predicted octanol–water partition coefficient (Wildman–Crippen LogP) is 1.50. The summed E-state index contributed by atoms with van der Waals surface area (Å²) >= 11 is 7.18. The van der Waals surface area contributed by atoms with Crippen molar-refractivity contribution in [1.29, 1.82) is 0 Å². The summed E-state index contributed by atoms with van der Waals surface area (Å²) in [6.07, 6.45) is 0. The van der Waals surface area contributed by atoms with Gasteiger partial charge in [0.1, 0.15) is 0 Å². The van der Waals surface area contributed by atoms with Crippen molar-refractivity contribution in [1.82, 2.24) is 5.32 Å². The number of nitrogens with zero attached hydrogens (tertiary/aromatic N) is 1. The van der Waals surface area contributed by atoms with Crippen molar-refractivity contribution < 1.29 is 9.59 Å². The van der Waals surface area contributed by atoms with E-state index < -0.39 is 11.8 Å². The smallest absolute Gasteiger partial charge is 0.315 e. The van der Waals surface area contributed by atoms with E-state index in [4.69, 9.17) is 11.6 Å². The molecule has 0 fully saturated rings. The van der Waals surface area contributed by atoms with Crippen LogP contribution in [-0.4, -0.2) is 29.3 Å². The minimum atomic E-state index is -0.743. The molecule has 1 aromatic carbocycles. The number of carbonyl (C=O) groups excluding carboxylic acids is 2. The Hall–Kier alpha value is -1.53. The number of anilines is 1. The lowest BCUT2D eigenvalue weighted by molar-refractivity contribution is -0.135. The predicted molar refractivity (Wildman–Crippen MR) is 73.0 cm³/mol. The minimum Gasteiger partial charge on any atom is -0.318 e. The fourth-order valence-corrected chi connectivity index (χ4v) is 2.23. The first-order valence-electron chi connectivity index (χ1n) is 5.20. The van der Waals surface area contributed by atoms with E-state index in [1.54, 1.807) is 24.3 Å². The normalized spacial score (nSPS) is 13.9. The Kier molecular flexibility index (Phi) is 4.22. The largest absolute Gasteiger partial charge is 0.318 e. The van der Waals surface area contributed by atoms with Gasteiger partial charge in [0.05, 0.1) is 6.54 Å². The number of thioether (sulfide) groups is 1. The van der Waals surface area contributed by atoms with Crippen LogP contribution in [-0.2, 0) is 9.59 Å². The Balaban J connectivity index is 1.93. The van der Waals surface area contributed by atoms with Crippen LogP contribution in [0.25, 0.3) is 0 Å². The fourth-order valence-electron chi connectivity index (χ4n) is 1.32. The maximum absolute atomic E-state index is 11.6. The molecule has 0 bridgehead atoms. The van der Waals surface area contributed by atoms with E-state index in [1.807, 2.05) is 0 Å². The molecule has 0 aliphatic carbocycles.